The van der Waals surface area contributed by atoms with Gasteiger partial charge in [-0.1, -0.05) is 32.9 Å². The van der Waals surface area contributed by atoms with Crippen LogP contribution < -0.4 is 4.74 Å². The molecule has 0 atom stereocenters. The van der Waals surface area contributed by atoms with E-state index < -0.39 is 5.82 Å². The van der Waals surface area contributed by atoms with Gasteiger partial charge in [0.2, 0.25) is 11.1 Å². The maximum absolute atomic E-state index is 13.4. The molecule has 3 nitrogen and oxygen atoms in total. The predicted molar refractivity (Wildman–Crippen MR) is 72.2 cm³/mol. The molecule has 0 saturated carbocycles. The highest BCUT2D eigenvalue weighted by Crippen LogP contribution is 2.27. The molecule has 19 heavy (non-hydrogen) atoms. The molecular weight excluding hydrogens is 267 g/mol. The summed E-state index contributed by atoms with van der Waals surface area (Å²) in [4.78, 5) is 7.22. The van der Waals surface area contributed by atoms with Crippen molar-refractivity contribution >= 4 is 11.6 Å². The Balaban J connectivity index is 2.22. The van der Waals surface area contributed by atoms with E-state index in [9.17, 15) is 4.39 Å². The predicted octanol–water partition coefficient (Wildman–Crippen LogP) is 4.36. The van der Waals surface area contributed by atoms with Crippen LogP contribution in [0.25, 0.3) is 0 Å². The zero-order valence-corrected chi connectivity index (χ0v) is 11.7. The van der Waals surface area contributed by atoms with E-state index in [-0.39, 0.29) is 16.6 Å². The van der Waals surface area contributed by atoms with Crippen molar-refractivity contribution in [3.63, 3.8) is 0 Å². The zero-order chi connectivity index (χ0) is 14.0. The minimum Gasteiger partial charge on any atom is -0.436 e. The Morgan fingerprint density at radius 3 is 2.37 bits per heavy atom. The van der Waals surface area contributed by atoms with E-state index in [1.807, 2.05) is 12.1 Å². The molecule has 0 N–H and O–H groups in total. The minimum atomic E-state index is -0.649. The Labute approximate surface area is 116 Å². The Morgan fingerprint density at radius 1 is 1.16 bits per heavy atom. The average Bonchev–Trinajstić information content (AvgIpc) is 2.33. The summed E-state index contributed by atoms with van der Waals surface area (Å²) in [5.74, 6) is -0.325. The van der Waals surface area contributed by atoms with Gasteiger partial charge in [0.05, 0.1) is 6.20 Å². The van der Waals surface area contributed by atoms with E-state index in [0.717, 1.165) is 6.20 Å². The van der Waals surface area contributed by atoms with Crippen LogP contribution in [0.1, 0.15) is 26.3 Å². The van der Waals surface area contributed by atoms with Crippen molar-refractivity contribution in [3.8, 4) is 11.6 Å². The second-order valence-corrected chi connectivity index (χ2v) is 5.51. The number of rotatable bonds is 2. The van der Waals surface area contributed by atoms with Crippen molar-refractivity contribution in [2.45, 2.75) is 26.2 Å². The molecule has 0 spiro atoms. The normalized spacial score (nSPS) is 11.4. The van der Waals surface area contributed by atoms with Gasteiger partial charge < -0.3 is 4.74 Å². The van der Waals surface area contributed by atoms with Crippen molar-refractivity contribution in [3.05, 3.63) is 47.1 Å². The summed E-state index contributed by atoms with van der Waals surface area (Å²) in [5, 5.41) is -0.0530. The first-order chi connectivity index (χ1) is 8.86. The Bertz CT molecular complexity index is 579. The highest BCUT2D eigenvalue weighted by molar-refractivity contribution is 6.28. The molecule has 5 heteroatoms. The highest BCUT2D eigenvalue weighted by Gasteiger charge is 2.14. The Hall–Kier alpha value is -1.68. The molecule has 1 heterocycles. The van der Waals surface area contributed by atoms with Gasteiger partial charge in [0, 0.05) is 0 Å². The molecule has 100 valence electrons. The van der Waals surface area contributed by atoms with Crippen LogP contribution >= 0.6 is 11.6 Å². The monoisotopic (exact) mass is 280 g/mol. The third-order valence-electron chi connectivity index (χ3n) is 2.62. The fraction of sp³-hybridized carbons (Fsp3) is 0.286. The zero-order valence-electron chi connectivity index (χ0n) is 10.9. The molecule has 2 aromatic rings. The van der Waals surface area contributed by atoms with E-state index in [1.165, 1.54) is 5.56 Å². The van der Waals surface area contributed by atoms with Gasteiger partial charge in [-0.15, -0.1) is 0 Å². The quantitative estimate of drug-likeness (QED) is 0.767. The van der Waals surface area contributed by atoms with Gasteiger partial charge in [-0.05, 0) is 34.7 Å². The first-order valence-electron chi connectivity index (χ1n) is 5.83. The fourth-order valence-corrected chi connectivity index (χ4v) is 1.66. The van der Waals surface area contributed by atoms with Crippen LogP contribution in [-0.4, -0.2) is 9.97 Å². The summed E-state index contributed by atoms with van der Waals surface area (Å²) in [5.41, 5.74) is 1.23. The third-order valence-corrected chi connectivity index (χ3v) is 2.80. The fourth-order valence-electron chi connectivity index (χ4n) is 1.54. The number of halogens is 2. The maximum atomic E-state index is 13.4. The van der Waals surface area contributed by atoms with E-state index in [2.05, 4.69) is 30.7 Å². The van der Waals surface area contributed by atoms with E-state index in [4.69, 9.17) is 16.3 Å². The molecule has 1 aromatic heterocycles. The Morgan fingerprint density at radius 2 is 1.79 bits per heavy atom. The second-order valence-electron chi connectivity index (χ2n) is 5.17. The van der Waals surface area contributed by atoms with Crippen LogP contribution in [0.15, 0.2) is 30.5 Å². The summed E-state index contributed by atoms with van der Waals surface area (Å²) in [6, 6.07) is 7.43. The van der Waals surface area contributed by atoms with Gasteiger partial charge in [0.1, 0.15) is 5.75 Å². The molecule has 0 aliphatic carbocycles. The largest absolute Gasteiger partial charge is 0.436 e. The summed E-state index contributed by atoms with van der Waals surface area (Å²) in [7, 11) is 0. The maximum Gasteiger partial charge on any atom is 0.260 e. The summed E-state index contributed by atoms with van der Waals surface area (Å²) >= 11 is 5.60. The molecule has 0 saturated heterocycles. The van der Waals surface area contributed by atoms with Crippen molar-refractivity contribution in [1.82, 2.24) is 9.97 Å². The SMILES string of the molecule is CC(C)(C)c1ccc(Oc2nc(Cl)ncc2F)cc1. The number of hydrogen-bond donors (Lipinski definition) is 0. The second kappa shape index (κ2) is 5.13. The van der Waals surface area contributed by atoms with E-state index in [1.54, 1.807) is 12.1 Å². The van der Waals surface area contributed by atoms with E-state index in [0.29, 0.717) is 5.75 Å². The molecular formula is C14H14ClFN2O. The Kier molecular flexibility index (Phi) is 3.71. The first kappa shape index (κ1) is 13.7. The van der Waals surface area contributed by atoms with Crippen molar-refractivity contribution < 1.29 is 9.13 Å². The van der Waals surface area contributed by atoms with Crippen LogP contribution in [0, 0.1) is 5.82 Å². The lowest BCUT2D eigenvalue weighted by Crippen LogP contribution is -2.10. The topological polar surface area (TPSA) is 35.0 Å². The molecule has 0 aliphatic rings. The molecule has 2 rings (SSSR count). The van der Waals surface area contributed by atoms with Crippen LogP contribution in [0.2, 0.25) is 5.28 Å². The van der Waals surface area contributed by atoms with Gasteiger partial charge in [-0.2, -0.15) is 9.37 Å². The number of nitrogens with zero attached hydrogens (tertiary/aromatic N) is 2. The van der Waals surface area contributed by atoms with Crippen molar-refractivity contribution in [2.75, 3.05) is 0 Å². The van der Waals surface area contributed by atoms with Crippen molar-refractivity contribution in [2.24, 2.45) is 0 Å². The summed E-state index contributed by atoms with van der Waals surface area (Å²) in [6.45, 7) is 6.35. The average molecular weight is 281 g/mol. The van der Waals surface area contributed by atoms with Crippen molar-refractivity contribution in [1.29, 1.82) is 0 Å². The lowest BCUT2D eigenvalue weighted by atomic mass is 9.87. The van der Waals surface area contributed by atoms with Gasteiger partial charge >= 0.3 is 0 Å². The van der Waals surface area contributed by atoms with Crippen LogP contribution in [0.3, 0.4) is 0 Å². The lowest BCUT2D eigenvalue weighted by Gasteiger charge is -2.19. The molecule has 0 aliphatic heterocycles. The standard InChI is InChI=1S/C14H14ClFN2O/c1-14(2,3)9-4-6-10(7-5-9)19-12-11(16)8-17-13(15)18-12/h4-8H,1-3H3. The van der Waals surface area contributed by atoms with Crippen LogP contribution in [-0.2, 0) is 5.41 Å². The number of benzene rings is 1. The molecule has 0 amide bonds. The summed E-state index contributed by atoms with van der Waals surface area (Å²) in [6.07, 6.45) is 0.980. The van der Waals surface area contributed by atoms with Gasteiger partial charge in [0.25, 0.3) is 5.88 Å². The van der Waals surface area contributed by atoms with Crippen LogP contribution in [0.4, 0.5) is 4.39 Å². The first-order valence-corrected chi connectivity index (χ1v) is 6.20. The minimum absolute atomic E-state index is 0.0530. The van der Waals surface area contributed by atoms with Gasteiger partial charge in [-0.3, -0.25) is 0 Å². The van der Waals surface area contributed by atoms with E-state index >= 15 is 0 Å². The number of aromatic nitrogens is 2. The lowest BCUT2D eigenvalue weighted by molar-refractivity contribution is 0.419. The summed E-state index contributed by atoms with van der Waals surface area (Å²) < 4.78 is 18.8. The smallest absolute Gasteiger partial charge is 0.260 e. The van der Waals surface area contributed by atoms with Gasteiger partial charge in [-0.25, -0.2) is 4.98 Å². The number of ether oxygens (including phenoxy) is 1. The van der Waals surface area contributed by atoms with Crippen LogP contribution in [0.5, 0.6) is 11.6 Å². The van der Waals surface area contributed by atoms with Gasteiger partial charge in [0.15, 0.2) is 0 Å². The molecule has 0 unspecified atom stereocenters. The highest BCUT2D eigenvalue weighted by atomic mass is 35.5. The number of hydrogen-bond acceptors (Lipinski definition) is 3. The molecule has 0 radical (unpaired) electrons. The molecule has 0 fully saturated rings. The molecule has 0 bridgehead atoms. The molecule has 1 aromatic carbocycles. The third kappa shape index (κ3) is 3.41.